The number of aromatic nitrogens is 2. The second-order valence-electron chi connectivity index (χ2n) is 5.79. The van der Waals surface area contributed by atoms with Crippen LogP contribution in [0.5, 0.6) is 11.5 Å². The maximum absolute atomic E-state index is 12.5. The normalized spacial score (nSPS) is 13.1. The number of ether oxygens (including phenoxy) is 2. The third-order valence-corrected chi connectivity index (χ3v) is 4.27. The Hall–Kier alpha value is -2.99. The molecular formula is C19H16ClN3O3. The van der Waals surface area contributed by atoms with Gasteiger partial charge in [-0.2, -0.15) is 5.10 Å². The maximum atomic E-state index is 12.5. The number of para-hydroxylation sites is 1. The highest BCUT2D eigenvalue weighted by molar-refractivity contribution is 6.32. The van der Waals surface area contributed by atoms with Crippen LogP contribution >= 0.6 is 11.6 Å². The van der Waals surface area contributed by atoms with E-state index < -0.39 is 0 Å². The van der Waals surface area contributed by atoms with E-state index in [4.69, 9.17) is 21.1 Å². The third-order valence-electron chi connectivity index (χ3n) is 3.95. The summed E-state index contributed by atoms with van der Waals surface area (Å²) < 4.78 is 12.8. The van der Waals surface area contributed by atoms with E-state index in [0.717, 1.165) is 6.42 Å². The number of nitrogens with one attached hydrogen (secondary N) is 1. The highest BCUT2D eigenvalue weighted by Gasteiger charge is 2.14. The Morgan fingerprint density at radius 2 is 1.92 bits per heavy atom. The molecule has 4 rings (SSSR count). The monoisotopic (exact) mass is 369 g/mol. The zero-order valence-corrected chi connectivity index (χ0v) is 14.6. The number of anilines is 1. The molecule has 1 N–H and O–H groups in total. The SMILES string of the molecule is O=C(Nc1ccc2c(c1)OCCCO2)c1cnn(-c2ccccc2Cl)c1. The van der Waals surface area contributed by atoms with Crippen molar-refractivity contribution in [3.63, 3.8) is 0 Å². The van der Waals surface area contributed by atoms with Crippen molar-refractivity contribution < 1.29 is 14.3 Å². The zero-order chi connectivity index (χ0) is 17.9. The van der Waals surface area contributed by atoms with Crippen molar-refractivity contribution in [1.82, 2.24) is 9.78 Å². The fourth-order valence-electron chi connectivity index (χ4n) is 2.65. The first-order valence-corrected chi connectivity index (χ1v) is 8.59. The van der Waals surface area contributed by atoms with Crippen molar-refractivity contribution in [2.45, 2.75) is 6.42 Å². The van der Waals surface area contributed by atoms with Gasteiger partial charge in [0.25, 0.3) is 5.91 Å². The van der Waals surface area contributed by atoms with E-state index in [1.54, 1.807) is 35.1 Å². The molecular weight excluding hydrogens is 354 g/mol. The molecule has 0 spiro atoms. The van der Waals surface area contributed by atoms with Gasteiger partial charge in [-0.05, 0) is 24.3 Å². The average molecular weight is 370 g/mol. The van der Waals surface area contributed by atoms with Crippen LogP contribution in [0, 0.1) is 0 Å². The van der Waals surface area contributed by atoms with Gasteiger partial charge in [0.05, 0.1) is 35.7 Å². The molecule has 0 aliphatic carbocycles. The number of hydrogen-bond acceptors (Lipinski definition) is 4. The first-order valence-electron chi connectivity index (χ1n) is 8.21. The van der Waals surface area contributed by atoms with Gasteiger partial charge >= 0.3 is 0 Å². The molecule has 0 unspecified atom stereocenters. The van der Waals surface area contributed by atoms with Crippen LogP contribution in [0.3, 0.4) is 0 Å². The molecule has 0 atom stereocenters. The van der Waals surface area contributed by atoms with E-state index in [1.165, 1.54) is 6.20 Å². The lowest BCUT2D eigenvalue weighted by atomic mass is 10.2. The highest BCUT2D eigenvalue weighted by atomic mass is 35.5. The Kier molecular flexibility index (Phi) is 4.50. The summed E-state index contributed by atoms with van der Waals surface area (Å²) in [7, 11) is 0. The molecule has 0 saturated carbocycles. The van der Waals surface area contributed by atoms with Crippen LogP contribution in [0.15, 0.2) is 54.9 Å². The average Bonchev–Trinajstić information content (AvgIpc) is 3.02. The van der Waals surface area contributed by atoms with Crippen LogP contribution in [0.1, 0.15) is 16.8 Å². The number of rotatable bonds is 3. The minimum atomic E-state index is -0.266. The maximum Gasteiger partial charge on any atom is 0.258 e. The molecule has 1 aliphatic heterocycles. The highest BCUT2D eigenvalue weighted by Crippen LogP contribution is 2.32. The van der Waals surface area contributed by atoms with Crippen LogP contribution in [0.25, 0.3) is 5.69 Å². The molecule has 0 bridgehead atoms. The number of benzene rings is 2. The van der Waals surface area contributed by atoms with Crippen molar-refractivity contribution in [3.8, 4) is 17.2 Å². The quantitative estimate of drug-likeness (QED) is 0.759. The van der Waals surface area contributed by atoms with Gasteiger partial charge < -0.3 is 14.8 Å². The largest absolute Gasteiger partial charge is 0.490 e. The Labute approximate surface area is 155 Å². The molecule has 7 heteroatoms. The van der Waals surface area contributed by atoms with Crippen molar-refractivity contribution >= 4 is 23.2 Å². The Balaban J connectivity index is 1.52. The fourth-order valence-corrected chi connectivity index (χ4v) is 2.88. The second kappa shape index (κ2) is 7.09. The van der Waals surface area contributed by atoms with Gasteiger partial charge in [-0.1, -0.05) is 23.7 Å². The number of hydrogen-bond donors (Lipinski definition) is 1. The second-order valence-corrected chi connectivity index (χ2v) is 6.20. The van der Waals surface area contributed by atoms with Crippen molar-refractivity contribution in [2.24, 2.45) is 0 Å². The lowest BCUT2D eigenvalue weighted by molar-refractivity contribution is 0.102. The predicted molar refractivity (Wildman–Crippen MR) is 98.6 cm³/mol. The molecule has 3 aromatic rings. The van der Waals surface area contributed by atoms with Crippen LogP contribution < -0.4 is 14.8 Å². The number of amides is 1. The number of halogens is 1. The summed E-state index contributed by atoms with van der Waals surface area (Å²) in [5, 5.41) is 7.63. The molecule has 1 amide bonds. The standard InChI is InChI=1S/C19H16ClN3O3/c20-15-4-1-2-5-16(15)23-12-13(11-21-23)19(24)22-14-6-7-17-18(10-14)26-9-3-8-25-17/h1-2,4-7,10-12H,3,8-9H2,(H,22,24). The molecule has 0 fully saturated rings. The zero-order valence-electron chi connectivity index (χ0n) is 13.8. The Morgan fingerprint density at radius 1 is 1.12 bits per heavy atom. The molecule has 1 aliphatic rings. The Bertz CT molecular complexity index is 955. The molecule has 0 saturated heterocycles. The minimum Gasteiger partial charge on any atom is -0.490 e. The van der Waals surface area contributed by atoms with Crippen molar-refractivity contribution in [1.29, 1.82) is 0 Å². The smallest absolute Gasteiger partial charge is 0.258 e. The van der Waals surface area contributed by atoms with E-state index in [1.807, 2.05) is 18.2 Å². The molecule has 6 nitrogen and oxygen atoms in total. The number of nitrogens with zero attached hydrogens (tertiary/aromatic N) is 2. The van der Waals surface area contributed by atoms with Crippen molar-refractivity contribution in [2.75, 3.05) is 18.5 Å². The summed E-state index contributed by atoms with van der Waals surface area (Å²) in [6.07, 6.45) is 3.97. The van der Waals surface area contributed by atoms with E-state index in [9.17, 15) is 4.79 Å². The molecule has 1 aromatic heterocycles. The minimum absolute atomic E-state index is 0.266. The van der Waals surface area contributed by atoms with Gasteiger partial charge in [-0.3, -0.25) is 4.79 Å². The number of carbonyl (C=O) groups excluding carboxylic acids is 1. The third kappa shape index (κ3) is 3.36. The van der Waals surface area contributed by atoms with Crippen LogP contribution in [-0.2, 0) is 0 Å². The van der Waals surface area contributed by atoms with E-state index in [0.29, 0.717) is 46.7 Å². The summed E-state index contributed by atoms with van der Waals surface area (Å²) in [5.74, 6) is 1.05. The summed E-state index contributed by atoms with van der Waals surface area (Å²) in [4.78, 5) is 12.5. The van der Waals surface area contributed by atoms with Gasteiger partial charge in [0, 0.05) is 24.4 Å². The molecule has 132 valence electrons. The topological polar surface area (TPSA) is 65.4 Å². The summed E-state index contributed by atoms with van der Waals surface area (Å²) in [6.45, 7) is 1.22. The first kappa shape index (κ1) is 16.5. The van der Waals surface area contributed by atoms with Crippen molar-refractivity contribution in [3.05, 3.63) is 65.4 Å². The number of fused-ring (bicyclic) bond motifs is 1. The summed E-state index contributed by atoms with van der Waals surface area (Å²) in [5.41, 5.74) is 1.77. The van der Waals surface area contributed by atoms with E-state index in [-0.39, 0.29) is 5.91 Å². The molecule has 2 heterocycles. The fraction of sp³-hybridized carbons (Fsp3) is 0.158. The van der Waals surface area contributed by atoms with Gasteiger partial charge in [-0.15, -0.1) is 0 Å². The van der Waals surface area contributed by atoms with Gasteiger partial charge in [-0.25, -0.2) is 4.68 Å². The van der Waals surface area contributed by atoms with Gasteiger partial charge in [0.1, 0.15) is 0 Å². The predicted octanol–water partition coefficient (Wildman–Crippen LogP) is 3.94. The van der Waals surface area contributed by atoms with Gasteiger partial charge in [0.15, 0.2) is 11.5 Å². The Morgan fingerprint density at radius 3 is 2.77 bits per heavy atom. The van der Waals surface area contributed by atoms with E-state index >= 15 is 0 Å². The summed E-state index contributed by atoms with van der Waals surface area (Å²) >= 11 is 6.17. The lowest BCUT2D eigenvalue weighted by Crippen LogP contribution is -2.11. The molecule has 26 heavy (non-hydrogen) atoms. The van der Waals surface area contributed by atoms with Gasteiger partial charge in [0.2, 0.25) is 0 Å². The van der Waals surface area contributed by atoms with Crippen LogP contribution in [-0.4, -0.2) is 28.9 Å². The summed E-state index contributed by atoms with van der Waals surface area (Å²) in [6, 6.07) is 12.6. The lowest BCUT2D eigenvalue weighted by Gasteiger charge is -2.10. The van der Waals surface area contributed by atoms with Crippen LogP contribution in [0.4, 0.5) is 5.69 Å². The molecule has 2 aromatic carbocycles. The molecule has 0 radical (unpaired) electrons. The van der Waals surface area contributed by atoms with Crippen LogP contribution in [0.2, 0.25) is 5.02 Å². The first-order chi connectivity index (χ1) is 12.7. The van der Waals surface area contributed by atoms with E-state index in [2.05, 4.69) is 10.4 Å². The number of carbonyl (C=O) groups is 1.